The molecule has 0 spiro atoms. The standard InChI is InChI=1S/C24H30N2O6S/c1-16-12-17(2)15-26(14-16)33(29,30)22-7-5-6-19(13-22)24(28)32-18(3)23(27)25-20-8-10-21(31-4)11-9-20/h5-11,13,16-18H,12,14-15H2,1-4H3,(H,25,27). The molecule has 3 unspecified atom stereocenters. The number of amides is 1. The SMILES string of the molecule is COc1ccc(NC(=O)C(C)OC(=O)c2cccc(S(=O)(=O)N3CC(C)CC(C)C3)c2)cc1. The number of rotatable bonds is 7. The van der Waals surface area contributed by atoms with Crippen molar-refractivity contribution in [3.8, 4) is 5.75 Å². The Kier molecular flexibility index (Phi) is 7.76. The monoisotopic (exact) mass is 474 g/mol. The van der Waals surface area contributed by atoms with E-state index in [9.17, 15) is 18.0 Å². The average Bonchev–Trinajstić information content (AvgIpc) is 2.79. The smallest absolute Gasteiger partial charge is 0.338 e. The van der Waals surface area contributed by atoms with Gasteiger partial charge in [-0.05, 0) is 67.6 Å². The fourth-order valence-corrected chi connectivity index (χ4v) is 5.66. The molecular formula is C24H30N2O6S. The van der Waals surface area contributed by atoms with Crippen LogP contribution in [0.3, 0.4) is 0 Å². The molecule has 33 heavy (non-hydrogen) atoms. The van der Waals surface area contributed by atoms with Gasteiger partial charge in [-0.1, -0.05) is 19.9 Å². The van der Waals surface area contributed by atoms with Crippen LogP contribution >= 0.6 is 0 Å². The van der Waals surface area contributed by atoms with Gasteiger partial charge in [-0.2, -0.15) is 4.31 Å². The normalized spacial score (nSPS) is 20.0. The third-order valence-electron chi connectivity index (χ3n) is 5.55. The maximum Gasteiger partial charge on any atom is 0.338 e. The Balaban J connectivity index is 1.67. The molecule has 1 amide bonds. The Morgan fingerprint density at radius 2 is 1.70 bits per heavy atom. The van der Waals surface area contributed by atoms with Crippen LogP contribution in [0.25, 0.3) is 0 Å². The molecule has 0 saturated carbocycles. The maximum absolute atomic E-state index is 13.1. The third-order valence-corrected chi connectivity index (χ3v) is 7.38. The molecule has 3 atom stereocenters. The van der Waals surface area contributed by atoms with Crippen molar-refractivity contribution in [2.24, 2.45) is 11.8 Å². The first-order valence-corrected chi connectivity index (χ1v) is 12.3. The van der Waals surface area contributed by atoms with Gasteiger partial charge in [-0.25, -0.2) is 13.2 Å². The number of nitrogens with zero attached hydrogens (tertiary/aromatic N) is 1. The Morgan fingerprint density at radius 1 is 1.06 bits per heavy atom. The minimum atomic E-state index is -3.74. The van der Waals surface area contributed by atoms with Gasteiger partial charge in [0.05, 0.1) is 17.6 Å². The summed E-state index contributed by atoms with van der Waals surface area (Å²) in [5.74, 6) is -0.0994. The van der Waals surface area contributed by atoms with Crippen LogP contribution in [-0.4, -0.2) is 50.9 Å². The predicted molar refractivity (Wildman–Crippen MR) is 125 cm³/mol. The number of sulfonamides is 1. The van der Waals surface area contributed by atoms with E-state index in [1.807, 2.05) is 13.8 Å². The summed E-state index contributed by atoms with van der Waals surface area (Å²) < 4.78 is 38.1. The molecule has 0 bridgehead atoms. The first-order chi connectivity index (χ1) is 15.6. The second-order valence-electron chi connectivity index (χ2n) is 8.56. The second kappa shape index (κ2) is 10.4. The summed E-state index contributed by atoms with van der Waals surface area (Å²) in [6, 6.07) is 12.5. The van der Waals surface area contributed by atoms with Gasteiger partial charge < -0.3 is 14.8 Å². The zero-order chi connectivity index (χ0) is 24.2. The first kappa shape index (κ1) is 24.7. The highest BCUT2D eigenvalue weighted by molar-refractivity contribution is 7.89. The van der Waals surface area contributed by atoms with E-state index in [0.29, 0.717) is 24.5 Å². The number of nitrogens with one attached hydrogen (secondary N) is 1. The first-order valence-electron chi connectivity index (χ1n) is 10.9. The fourth-order valence-electron chi connectivity index (χ4n) is 3.93. The van der Waals surface area contributed by atoms with Crippen LogP contribution in [0.4, 0.5) is 5.69 Å². The lowest BCUT2D eigenvalue weighted by atomic mass is 9.94. The van der Waals surface area contributed by atoms with Gasteiger partial charge in [0.2, 0.25) is 10.0 Å². The van der Waals surface area contributed by atoms with E-state index in [1.165, 1.54) is 35.5 Å². The van der Waals surface area contributed by atoms with E-state index in [0.717, 1.165) is 6.42 Å². The van der Waals surface area contributed by atoms with Crippen LogP contribution in [0.2, 0.25) is 0 Å². The summed E-state index contributed by atoms with van der Waals surface area (Å²) in [6.45, 7) is 6.41. The van der Waals surface area contributed by atoms with E-state index >= 15 is 0 Å². The van der Waals surface area contributed by atoms with E-state index in [2.05, 4.69) is 5.32 Å². The molecule has 0 aromatic heterocycles. The molecule has 1 N–H and O–H groups in total. The number of carbonyl (C=O) groups excluding carboxylic acids is 2. The number of methoxy groups -OCH3 is 1. The predicted octanol–water partition coefficient (Wildman–Crippen LogP) is 3.55. The number of piperidine rings is 1. The van der Waals surface area contributed by atoms with Crippen LogP contribution in [0, 0.1) is 11.8 Å². The molecule has 1 fully saturated rings. The molecule has 0 radical (unpaired) electrons. The molecule has 8 nitrogen and oxygen atoms in total. The lowest BCUT2D eigenvalue weighted by Gasteiger charge is -2.34. The van der Waals surface area contributed by atoms with Crippen molar-refractivity contribution in [3.05, 3.63) is 54.1 Å². The van der Waals surface area contributed by atoms with Crippen LogP contribution in [0.15, 0.2) is 53.4 Å². The number of hydrogen-bond donors (Lipinski definition) is 1. The van der Waals surface area contributed by atoms with Crippen LogP contribution in [0.1, 0.15) is 37.6 Å². The van der Waals surface area contributed by atoms with Gasteiger partial charge >= 0.3 is 5.97 Å². The van der Waals surface area contributed by atoms with Crippen LogP contribution < -0.4 is 10.1 Å². The van der Waals surface area contributed by atoms with E-state index in [1.54, 1.807) is 31.4 Å². The lowest BCUT2D eigenvalue weighted by Crippen LogP contribution is -2.42. The average molecular weight is 475 g/mol. The van der Waals surface area contributed by atoms with Crippen LogP contribution in [0.5, 0.6) is 5.75 Å². The van der Waals surface area contributed by atoms with E-state index < -0.39 is 28.0 Å². The molecule has 0 aliphatic carbocycles. The molecule has 1 aliphatic rings. The number of esters is 1. The summed E-state index contributed by atoms with van der Waals surface area (Å²) in [7, 11) is -2.19. The number of carbonyl (C=O) groups is 2. The molecule has 178 valence electrons. The molecule has 1 saturated heterocycles. The fraction of sp³-hybridized carbons (Fsp3) is 0.417. The van der Waals surface area contributed by atoms with Crippen molar-refractivity contribution in [3.63, 3.8) is 0 Å². The molecular weight excluding hydrogens is 444 g/mol. The quantitative estimate of drug-likeness (QED) is 0.616. The van der Waals surface area contributed by atoms with Gasteiger partial charge in [0, 0.05) is 18.8 Å². The Hall–Kier alpha value is -2.91. The summed E-state index contributed by atoms with van der Waals surface area (Å²) in [6.07, 6.45) is -0.0989. The molecule has 3 rings (SSSR count). The van der Waals surface area contributed by atoms with Gasteiger partial charge in [-0.3, -0.25) is 4.79 Å². The largest absolute Gasteiger partial charge is 0.497 e. The topological polar surface area (TPSA) is 102 Å². The highest BCUT2D eigenvalue weighted by atomic mass is 32.2. The second-order valence-corrected chi connectivity index (χ2v) is 10.5. The van der Waals surface area contributed by atoms with Gasteiger partial charge in [0.15, 0.2) is 6.10 Å². The molecule has 1 aliphatic heterocycles. The highest BCUT2D eigenvalue weighted by Gasteiger charge is 2.32. The lowest BCUT2D eigenvalue weighted by molar-refractivity contribution is -0.123. The minimum absolute atomic E-state index is 0.0357. The van der Waals surface area contributed by atoms with Gasteiger partial charge in [0.1, 0.15) is 5.75 Å². The van der Waals surface area contributed by atoms with Crippen LogP contribution in [-0.2, 0) is 19.6 Å². The van der Waals surface area contributed by atoms with Crippen molar-refractivity contribution in [2.45, 2.75) is 38.2 Å². The van der Waals surface area contributed by atoms with E-state index in [-0.39, 0.29) is 22.3 Å². The summed E-state index contributed by atoms with van der Waals surface area (Å²) in [5.41, 5.74) is 0.597. The Morgan fingerprint density at radius 3 is 2.30 bits per heavy atom. The maximum atomic E-state index is 13.1. The zero-order valence-corrected chi connectivity index (χ0v) is 20.1. The van der Waals surface area contributed by atoms with Crippen molar-refractivity contribution in [2.75, 3.05) is 25.5 Å². The Bertz CT molecular complexity index is 1090. The summed E-state index contributed by atoms with van der Waals surface area (Å²) in [5, 5.41) is 2.66. The minimum Gasteiger partial charge on any atom is -0.497 e. The van der Waals surface area contributed by atoms with Gasteiger partial charge in [0.25, 0.3) is 5.91 Å². The molecule has 1 heterocycles. The molecule has 2 aromatic rings. The summed E-state index contributed by atoms with van der Waals surface area (Å²) >= 11 is 0. The van der Waals surface area contributed by atoms with Crippen molar-refractivity contribution in [1.82, 2.24) is 4.31 Å². The summed E-state index contributed by atoms with van der Waals surface area (Å²) in [4.78, 5) is 25.1. The number of anilines is 1. The van der Waals surface area contributed by atoms with Gasteiger partial charge in [-0.15, -0.1) is 0 Å². The van der Waals surface area contributed by atoms with Crippen molar-refractivity contribution in [1.29, 1.82) is 0 Å². The number of ether oxygens (including phenoxy) is 2. The van der Waals surface area contributed by atoms with Crippen molar-refractivity contribution < 1.29 is 27.5 Å². The molecule has 2 aromatic carbocycles. The molecule has 9 heteroatoms. The zero-order valence-electron chi connectivity index (χ0n) is 19.3. The van der Waals surface area contributed by atoms with E-state index in [4.69, 9.17) is 9.47 Å². The number of hydrogen-bond acceptors (Lipinski definition) is 6. The third kappa shape index (κ3) is 6.11. The Labute approximate surface area is 194 Å². The highest BCUT2D eigenvalue weighted by Crippen LogP contribution is 2.27. The van der Waals surface area contributed by atoms with Crippen molar-refractivity contribution >= 4 is 27.6 Å². The number of benzene rings is 2.